The minimum absolute atomic E-state index is 0.110. The van der Waals surface area contributed by atoms with E-state index in [9.17, 15) is 4.79 Å². The molecule has 5 rings (SSSR count). The van der Waals surface area contributed by atoms with Crippen LogP contribution >= 0.6 is 11.8 Å². The van der Waals surface area contributed by atoms with Crippen LogP contribution in [0.1, 0.15) is 18.5 Å². The SMILES string of the molecule is CCOc1ccc(NC(=O)[C@H]2Sc3nnc(-c4ccccc4)n3N[C@H]2c2ccccc2)cc1. The van der Waals surface area contributed by atoms with Crippen molar-refractivity contribution in [3.8, 4) is 17.1 Å². The number of amides is 1. The van der Waals surface area contributed by atoms with Gasteiger partial charge < -0.3 is 15.5 Å². The second-order valence-corrected chi connectivity index (χ2v) is 8.62. The van der Waals surface area contributed by atoms with Crippen LogP contribution in [0, 0.1) is 0 Å². The molecular weight excluding hydrogens is 434 g/mol. The van der Waals surface area contributed by atoms with Gasteiger partial charge in [0.15, 0.2) is 5.82 Å². The van der Waals surface area contributed by atoms with E-state index in [1.165, 1.54) is 11.8 Å². The molecule has 1 aliphatic heterocycles. The average Bonchev–Trinajstić information content (AvgIpc) is 3.29. The van der Waals surface area contributed by atoms with Crippen LogP contribution in [0.5, 0.6) is 5.75 Å². The van der Waals surface area contributed by atoms with Crippen molar-refractivity contribution in [2.45, 2.75) is 23.4 Å². The maximum atomic E-state index is 13.4. The molecule has 2 heterocycles. The lowest BCUT2D eigenvalue weighted by molar-refractivity contribution is -0.116. The number of rotatable bonds is 6. The second-order valence-electron chi connectivity index (χ2n) is 7.51. The molecule has 0 fully saturated rings. The Bertz CT molecular complexity index is 1230. The standard InChI is InChI=1S/C25H23N5O2S/c1-2-32-20-15-13-19(14-16-20)26-24(31)22-21(17-9-5-3-6-10-17)29-30-23(27-28-25(30)33-22)18-11-7-4-8-12-18/h3-16,21-22,29H,2H2,1H3,(H,26,31)/t21-,22-/m0/s1. The van der Waals surface area contributed by atoms with Crippen LogP contribution in [0.3, 0.4) is 0 Å². The first-order valence-electron chi connectivity index (χ1n) is 10.8. The lowest BCUT2D eigenvalue weighted by Crippen LogP contribution is -2.41. The lowest BCUT2D eigenvalue weighted by Gasteiger charge is -2.33. The molecule has 33 heavy (non-hydrogen) atoms. The number of carbonyl (C=O) groups is 1. The summed E-state index contributed by atoms with van der Waals surface area (Å²) in [5.41, 5.74) is 6.17. The van der Waals surface area contributed by atoms with Gasteiger partial charge in [-0.25, -0.2) is 4.68 Å². The molecule has 0 saturated heterocycles. The van der Waals surface area contributed by atoms with Gasteiger partial charge in [0.2, 0.25) is 11.1 Å². The summed E-state index contributed by atoms with van der Waals surface area (Å²) in [6.45, 7) is 2.54. The molecule has 7 nitrogen and oxygen atoms in total. The lowest BCUT2D eigenvalue weighted by atomic mass is 10.0. The van der Waals surface area contributed by atoms with E-state index in [1.807, 2.05) is 96.5 Å². The van der Waals surface area contributed by atoms with Gasteiger partial charge >= 0.3 is 0 Å². The van der Waals surface area contributed by atoms with E-state index < -0.39 is 5.25 Å². The number of benzene rings is 3. The maximum Gasteiger partial charge on any atom is 0.240 e. The van der Waals surface area contributed by atoms with E-state index >= 15 is 0 Å². The first-order chi connectivity index (χ1) is 16.2. The highest BCUT2D eigenvalue weighted by Crippen LogP contribution is 2.39. The Morgan fingerprint density at radius 2 is 1.70 bits per heavy atom. The third-order valence-electron chi connectivity index (χ3n) is 5.32. The van der Waals surface area contributed by atoms with Gasteiger partial charge in [0.05, 0.1) is 12.6 Å². The molecule has 4 aromatic rings. The molecule has 166 valence electrons. The van der Waals surface area contributed by atoms with Crippen molar-refractivity contribution in [1.29, 1.82) is 0 Å². The van der Waals surface area contributed by atoms with Crippen molar-refractivity contribution in [2.75, 3.05) is 17.3 Å². The van der Waals surface area contributed by atoms with Crippen LogP contribution in [-0.2, 0) is 4.79 Å². The van der Waals surface area contributed by atoms with Crippen LogP contribution in [0.4, 0.5) is 5.69 Å². The molecule has 8 heteroatoms. The molecular formula is C25H23N5O2S. The molecule has 2 N–H and O–H groups in total. The average molecular weight is 458 g/mol. The zero-order valence-electron chi connectivity index (χ0n) is 18.0. The Hall–Kier alpha value is -3.78. The van der Waals surface area contributed by atoms with Gasteiger partial charge in [-0.3, -0.25) is 4.79 Å². The number of ether oxygens (including phenoxy) is 1. The number of nitrogens with one attached hydrogen (secondary N) is 2. The summed E-state index contributed by atoms with van der Waals surface area (Å²) < 4.78 is 7.36. The van der Waals surface area contributed by atoms with E-state index in [2.05, 4.69) is 20.9 Å². The predicted octanol–water partition coefficient (Wildman–Crippen LogP) is 4.74. The van der Waals surface area contributed by atoms with Gasteiger partial charge in [-0.05, 0) is 36.8 Å². The Labute approximate surface area is 196 Å². The number of anilines is 1. The highest BCUT2D eigenvalue weighted by Gasteiger charge is 2.38. The van der Waals surface area contributed by atoms with E-state index in [-0.39, 0.29) is 11.9 Å². The minimum atomic E-state index is -0.445. The summed E-state index contributed by atoms with van der Waals surface area (Å²) in [5, 5.41) is 12.0. The third kappa shape index (κ3) is 4.42. The van der Waals surface area contributed by atoms with Gasteiger partial charge in [-0.15, -0.1) is 10.2 Å². The van der Waals surface area contributed by atoms with E-state index in [4.69, 9.17) is 4.74 Å². The van der Waals surface area contributed by atoms with Gasteiger partial charge in [0, 0.05) is 11.3 Å². The van der Waals surface area contributed by atoms with Crippen molar-refractivity contribution in [2.24, 2.45) is 0 Å². The van der Waals surface area contributed by atoms with Crippen LogP contribution in [0.15, 0.2) is 90.1 Å². The summed E-state index contributed by atoms with van der Waals surface area (Å²) in [5.74, 6) is 1.37. The fourth-order valence-corrected chi connectivity index (χ4v) is 4.83. The summed E-state index contributed by atoms with van der Waals surface area (Å²) >= 11 is 1.40. The number of nitrogens with zero attached hydrogens (tertiary/aromatic N) is 3. The van der Waals surface area contributed by atoms with Gasteiger partial charge in [-0.1, -0.05) is 72.4 Å². The summed E-state index contributed by atoms with van der Waals surface area (Å²) in [6, 6.07) is 27.0. The Kier molecular flexibility index (Phi) is 5.99. The highest BCUT2D eigenvalue weighted by atomic mass is 32.2. The smallest absolute Gasteiger partial charge is 0.240 e. The van der Waals surface area contributed by atoms with Crippen LogP contribution in [0.2, 0.25) is 0 Å². The Balaban J connectivity index is 1.45. The van der Waals surface area contributed by atoms with Gasteiger partial charge in [0.25, 0.3) is 0 Å². The highest BCUT2D eigenvalue weighted by molar-refractivity contribution is 8.00. The van der Waals surface area contributed by atoms with Crippen molar-refractivity contribution in [1.82, 2.24) is 14.9 Å². The maximum absolute atomic E-state index is 13.4. The molecule has 0 radical (unpaired) electrons. The fraction of sp³-hybridized carbons (Fsp3) is 0.160. The molecule has 1 aromatic heterocycles. The monoisotopic (exact) mass is 457 g/mol. The summed E-state index contributed by atoms with van der Waals surface area (Å²) in [7, 11) is 0. The molecule has 2 atom stereocenters. The second kappa shape index (κ2) is 9.38. The van der Waals surface area contributed by atoms with E-state index in [1.54, 1.807) is 0 Å². The van der Waals surface area contributed by atoms with Crippen LogP contribution < -0.4 is 15.5 Å². The fourth-order valence-electron chi connectivity index (χ4n) is 3.75. The van der Waals surface area contributed by atoms with E-state index in [0.29, 0.717) is 23.3 Å². The van der Waals surface area contributed by atoms with Crippen molar-refractivity contribution >= 4 is 23.4 Å². The molecule has 0 aliphatic carbocycles. The number of hydrogen-bond donors (Lipinski definition) is 2. The van der Waals surface area contributed by atoms with E-state index in [0.717, 1.165) is 16.9 Å². The van der Waals surface area contributed by atoms with Gasteiger partial charge in [0.1, 0.15) is 11.0 Å². The quantitative estimate of drug-likeness (QED) is 0.435. The topological polar surface area (TPSA) is 81.1 Å². The molecule has 0 unspecified atom stereocenters. The molecule has 0 spiro atoms. The third-order valence-corrected chi connectivity index (χ3v) is 6.53. The molecule has 1 aliphatic rings. The predicted molar refractivity (Wildman–Crippen MR) is 130 cm³/mol. The van der Waals surface area contributed by atoms with Crippen molar-refractivity contribution < 1.29 is 9.53 Å². The van der Waals surface area contributed by atoms with Crippen molar-refractivity contribution in [3.63, 3.8) is 0 Å². The largest absolute Gasteiger partial charge is 0.494 e. The zero-order chi connectivity index (χ0) is 22.6. The number of thioether (sulfide) groups is 1. The molecule has 3 aromatic carbocycles. The molecule has 0 bridgehead atoms. The normalized spacial score (nSPS) is 17.0. The minimum Gasteiger partial charge on any atom is -0.494 e. The zero-order valence-corrected chi connectivity index (χ0v) is 18.8. The number of hydrogen-bond acceptors (Lipinski definition) is 6. The van der Waals surface area contributed by atoms with Crippen LogP contribution in [0.25, 0.3) is 11.4 Å². The summed E-state index contributed by atoms with van der Waals surface area (Å²) in [6.07, 6.45) is 0. The summed E-state index contributed by atoms with van der Waals surface area (Å²) in [4.78, 5) is 13.4. The first-order valence-corrected chi connectivity index (χ1v) is 11.6. The Morgan fingerprint density at radius 3 is 2.39 bits per heavy atom. The van der Waals surface area contributed by atoms with Crippen LogP contribution in [-0.4, -0.2) is 32.6 Å². The Morgan fingerprint density at radius 1 is 1.00 bits per heavy atom. The number of carbonyl (C=O) groups excluding carboxylic acids is 1. The van der Waals surface area contributed by atoms with Gasteiger partial charge in [-0.2, -0.15) is 0 Å². The first kappa shape index (κ1) is 21.1. The molecule has 0 saturated carbocycles. The number of fused-ring (bicyclic) bond motifs is 1. The van der Waals surface area contributed by atoms with Crippen molar-refractivity contribution in [3.05, 3.63) is 90.5 Å². The number of aromatic nitrogens is 3. The molecule has 1 amide bonds.